The van der Waals surface area contributed by atoms with Crippen molar-refractivity contribution < 1.29 is 9.47 Å². The SMILES string of the molecule is CCC#CCCCCCCCCOC(COCCCCCCCC/C=C\C/C=C\CCCCC)CSSC/C(N)=C/N. The molecule has 0 amide bonds. The van der Waals surface area contributed by atoms with Crippen LogP contribution in [0.4, 0.5) is 0 Å². The molecule has 4 N–H and O–H groups in total. The lowest BCUT2D eigenvalue weighted by molar-refractivity contribution is -0.00609. The van der Waals surface area contributed by atoms with Crippen LogP contribution in [0, 0.1) is 11.8 Å². The van der Waals surface area contributed by atoms with Crippen LogP contribution in [-0.2, 0) is 9.47 Å². The molecule has 0 aliphatic heterocycles. The smallest absolute Gasteiger partial charge is 0.0906 e. The van der Waals surface area contributed by atoms with E-state index in [1.54, 1.807) is 21.6 Å². The summed E-state index contributed by atoms with van der Waals surface area (Å²) in [5.74, 6) is 8.04. The summed E-state index contributed by atoms with van der Waals surface area (Å²) in [4.78, 5) is 0. The molecule has 0 fully saturated rings. The molecule has 0 rings (SSSR count). The molecule has 0 saturated carbocycles. The van der Waals surface area contributed by atoms with E-state index in [9.17, 15) is 0 Å². The lowest BCUT2D eigenvalue weighted by Gasteiger charge is -2.18. The lowest BCUT2D eigenvalue weighted by atomic mass is 10.1. The van der Waals surface area contributed by atoms with E-state index in [0.717, 1.165) is 62.5 Å². The first-order valence-electron chi connectivity index (χ1n) is 17.1. The van der Waals surface area contributed by atoms with Gasteiger partial charge in [0.15, 0.2) is 0 Å². The van der Waals surface area contributed by atoms with E-state index >= 15 is 0 Å². The van der Waals surface area contributed by atoms with Crippen molar-refractivity contribution in [3.63, 3.8) is 0 Å². The molecule has 0 spiro atoms. The van der Waals surface area contributed by atoms with Crippen molar-refractivity contribution in [3.8, 4) is 11.8 Å². The number of hydrogen-bond donors (Lipinski definition) is 2. The highest BCUT2D eigenvalue weighted by Crippen LogP contribution is 2.24. The van der Waals surface area contributed by atoms with Gasteiger partial charge in [-0.2, -0.15) is 0 Å². The molecule has 0 aromatic rings. The van der Waals surface area contributed by atoms with Crippen LogP contribution in [0.3, 0.4) is 0 Å². The molecule has 0 aliphatic carbocycles. The Labute approximate surface area is 269 Å². The second-order valence-corrected chi connectivity index (χ2v) is 13.5. The summed E-state index contributed by atoms with van der Waals surface area (Å²) in [6, 6.07) is 0. The molecule has 244 valence electrons. The third-order valence-electron chi connectivity index (χ3n) is 6.92. The summed E-state index contributed by atoms with van der Waals surface area (Å²) in [6.07, 6.45) is 35.6. The summed E-state index contributed by atoms with van der Waals surface area (Å²) in [5, 5.41) is 0. The normalized spacial score (nSPS) is 12.8. The van der Waals surface area contributed by atoms with E-state index in [1.165, 1.54) is 103 Å². The second kappa shape index (κ2) is 36.2. The minimum Gasteiger partial charge on any atom is -0.403 e. The fourth-order valence-corrected chi connectivity index (χ4v) is 6.48. The van der Waals surface area contributed by atoms with E-state index < -0.39 is 0 Å². The minimum atomic E-state index is 0.132. The average molecular weight is 623 g/mol. The summed E-state index contributed by atoms with van der Waals surface area (Å²) >= 11 is 0. The van der Waals surface area contributed by atoms with Crippen molar-refractivity contribution in [1.82, 2.24) is 0 Å². The van der Waals surface area contributed by atoms with Gasteiger partial charge in [0.2, 0.25) is 0 Å². The van der Waals surface area contributed by atoms with Gasteiger partial charge < -0.3 is 20.9 Å². The molecule has 0 aromatic heterocycles. The molecule has 0 aromatic carbocycles. The Morgan fingerprint density at radius 3 is 2.00 bits per heavy atom. The zero-order valence-corrected chi connectivity index (χ0v) is 29.1. The number of unbranched alkanes of at least 4 members (excludes halogenated alkanes) is 15. The van der Waals surface area contributed by atoms with Gasteiger partial charge in [-0.3, -0.25) is 0 Å². The number of allylic oxidation sites excluding steroid dienone is 4. The van der Waals surface area contributed by atoms with E-state index in [4.69, 9.17) is 20.9 Å². The Hall–Kier alpha value is -1.00. The standard InChI is InChI=1S/C36H66N2O2S2/c1-3-5-7-9-11-13-15-16-17-18-19-20-21-23-25-27-29-39-32-36(34-42-41-33-35(38)31-37)40-30-28-26-24-22-14-12-10-8-6-4-2/h11,13,16-17,31,36H,3-5,7,9-10,12,14-15,18-30,32-34,37-38H2,1-2H3/b13-11-,17-16-,35-31-. The van der Waals surface area contributed by atoms with Gasteiger partial charge in [0.05, 0.1) is 12.7 Å². The molecule has 42 heavy (non-hydrogen) atoms. The van der Waals surface area contributed by atoms with Crippen LogP contribution in [0.15, 0.2) is 36.2 Å². The van der Waals surface area contributed by atoms with Crippen molar-refractivity contribution >= 4 is 21.6 Å². The van der Waals surface area contributed by atoms with Crippen LogP contribution in [0.5, 0.6) is 0 Å². The quantitative estimate of drug-likeness (QED) is 0.0347. The fraction of sp³-hybridized carbons (Fsp3) is 0.778. The third-order valence-corrected chi connectivity index (χ3v) is 9.31. The molecule has 1 atom stereocenters. The van der Waals surface area contributed by atoms with Crippen LogP contribution in [0.2, 0.25) is 0 Å². The number of ether oxygens (including phenoxy) is 2. The second-order valence-electron chi connectivity index (χ2n) is 11.0. The molecular weight excluding hydrogens is 557 g/mol. The zero-order chi connectivity index (χ0) is 30.6. The lowest BCUT2D eigenvalue weighted by Crippen LogP contribution is -2.23. The van der Waals surface area contributed by atoms with Gasteiger partial charge in [-0.05, 0) is 51.4 Å². The number of rotatable bonds is 31. The van der Waals surface area contributed by atoms with Gasteiger partial charge in [-0.15, -0.1) is 11.8 Å². The van der Waals surface area contributed by atoms with Crippen molar-refractivity contribution in [2.45, 2.75) is 148 Å². The molecular formula is C36H66N2O2S2. The zero-order valence-electron chi connectivity index (χ0n) is 27.4. The molecule has 0 bridgehead atoms. The fourth-order valence-electron chi connectivity index (χ4n) is 4.32. The van der Waals surface area contributed by atoms with Crippen LogP contribution in [0.25, 0.3) is 0 Å². The topological polar surface area (TPSA) is 70.5 Å². The Morgan fingerprint density at radius 1 is 0.714 bits per heavy atom. The van der Waals surface area contributed by atoms with Crippen molar-refractivity contribution in [3.05, 3.63) is 36.2 Å². The van der Waals surface area contributed by atoms with E-state index in [-0.39, 0.29) is 6.10 Å². The van der Waals surface area contributed by atoms with Crippen LogP contribution in [0.1, 0.15) is 142 Å². The van der Waals surface area contributed by atoms with Crippen LogP contribution in [-0.4, -0.2) is 37.4 Å². The molecule has 0 radical (unpaired) electrons. The molecule has 0 saturated heterocycles. The molecule has 4 nitrogen and oxygen atoms in total. The predicted molar refractivity (Wildman–Crippen MR) is 192 cm³/mol. The van der Waals surface area contributed by atoms with Crippen molar-refractivity contribution in [2.24, 2.45) is 11.5 Å². The van der Waals surface area contributed by atoms with Gasteiger partial charge in [0.1, 0.15) is 0 Å². The van der Waals surface area contributed by atoms with Gasteiger partial charge in [0, 0.05) is 49.5 Å². The monoisotopic (exact) mass is 622 g/mol. The predicted octanol–water partition coefficient (Wildman–Crippen LogP) is 10.5. The highest BCUT2D eigenvalue weighted by Gasteiger charge is 2.10. The van der Waals surface area contributed by atoms with Crippen LogP contribution >= 0.6 is 21.6 Å². The maximum absolute atomic E-state index is 6.22. The summed E-state index contributed by atoms with van der Waals surface area (Å²) in [5.41, 5.74) is 12.0. The summed E-state index contributed by atoms with van der Waals surface area (Å²) < 4.78 is 12.3. The first-order chi connectivity index (χ1) is 20.7. The third kappa shape index (κ3) is 33.5. The first kappa shape index (κ1) is 41.0. The maximum atomic E-state index is 6.22. The van der Waals surface area contributed by atoms with Gasteiger partial charge >= 0.3 is 0 Å². The molecule has 0 aliphatic rings. The van der Waals surface area contributed by atoms with Crippen molar-refractivity contribution in [1.29, 1.82) is 0 Å². The van der Waals surface area contributed by atoms with E-state index in [1.807, 2.05) is 0 Å². The van der Waals surface area contributed by atoms with E-state index in [0.29, 0.717) is 6.61 Å². The highest BCUT2D eigenvalue weighted by molar-refractivity contribution is 8.76. The molecule has 6 heteroatoms. The summed E-state index contributed by atoms with van der Waals surface area (Å²) in [6.45, 7) is 6.69. The maximum Gasteiger partial charge on any atom is 0.0906 e. The number of hydrogen-bond acceptors (Lipinski definition) is 6. The van der Waals surface area contributed by atoms with Crippen molar-refractivity contribution in [2.75, 3.05) is 31.3 Å². The Bertz CT molecular complexity index is 700. The largest absolute Gasteiger partial charge is 0.403 e. The van der Waals surface area contributed by atoms with Gasteiger partial charge in [-0.25, -0.2) is 0 Å². The summed E-state index contributed by atoms with van der Waals surface area (Å²) in [7, 11) is 3.53. The van der Waals surface area contributed by atoms with Gasteiger partial charge in [-0.1, -0.05) is 124 Å². The molecule has 1 unspecified atom stereocenters. The Kier molecular flexibility index (Phi) is 35.3. The number of nitrogens with two attached hydrogens (primary N) is 2. The van der Waals surface area contributed by atoms with Crippen LogP contribution < -0.4 is 11.5 Å². The van der Waals surface area contributed by atoms with E-state index in [2.05, 4.69) is 50.0 Å². The van der Waals surface area contributed by atoms with Gasteiger partial charge in [0.25, 0.3) is 0 Å². The Balaban J connectivity index is 3.84. The first-order valence-corrected chi connectivity index (χ1v) is 19.6. The minimum absolute atomic E-state index is 0.132. The Morgan fingerprint density at radius 2 is 1.33 bits per heavy atom. The highest BCUT2D eigenvalue weighted by atomic mass is 33.1. The average Bonchev–Trinajstić information content (AvgIpc) is 3.00. The molecule has 0 heterocycles.